The molecule has 2 fully saturated rings. The number of hydrogen-bond acceptors (Lipinski definition) is 7. The van der Waals surface area contributed by atoms with Crippen molar-refractivity contribution in [1.29, 1.82) is 0 Å². The number of amides is 1. The molecule has 1 aromatic heterocycles. The minimum atomic E-state index is -0.0223. The summed E-state index contributed by atoms with van der Waals surface area (Å²) in [6, 6.07) is 12.9. The summed E-state index contributed by atoms with van der Waals surface area (Å²) in [4.78, 5) is 31.2. The molecule has 2 aromatic carbocycles. The molecule has 0 spiro atoms. The average Bonchev–Trinajstić information content (AvgIpc) is 3.73. The third-order valence-corrected chi connectivity index (χ3v) is 9.01. The molecule has 6 rings (SSSR count). The summed E-state index contributed by atoms with van der Waals surface area (Å²) in [7, 11) is 4.22. The Balaban J connectivity index is 1.32. The predicted octanol–water partition coefficient (Wildman–Crippen LogP) is 4.79. The molecular formula is C32H39ClN6O2. The molecule has 9 heteroatoms. The Bertz CT molecular complexity index is 1470. The van der Waals surface area contributed by atoms with Crippen LogP contribution in [0.25, 0.3) is 10.8 Å². The number of ether oxygens (including phenoxy) is 1. The number of nitrogens with zero attached hydrogens (tertiary/aromatic N) is 6. The zero-order valence-corrected chi connectivity index (χ0v) is 25.0. The third kappa shape index (κ3) is 5.60. The van der Waals surface area contributed by atoms with Crippen molar-refractivity contribution in [2.24, 2.45) is 5.41 Å². The Hall–Kier alpha value is -3.36. The van der Waals surface area contributed by atoms with Crippen molar-refractivity contribution in [3.63, 3.8) is 0 Å². The van der Waals surface area contributed by atoms with Crippen molar-refractivity contribution in [1.82, 2.24) is 19.8 Å². The smallest absolute Gasteiger partial charge is 0.318 e. The van der Waals surface area contributed by atoms with Crippen molar-refractivity contribution in [3.05, 3.63) is 65.3 Å². The van der Waals surface area contributed by atoms with Gasteiger partial charge >= 0.3 is 6.01 Å². The fraction of sp³-hybridized carbons (Fsp3) is 0.469. The van der Waals surface area contributed by atoms with E-state index in [4.69, 9.17) is 26.3 Å². The van der Waals surface area contributed by atoms with Crippen molar-refractivity contribution in [3.8, 4) is 6.01 Å². The summed E-state index contributed by atoms with van der Waals surface area (Å²) in [6.07, 6.45) is 4.54. The molecule has 0 bridgehead atoms. The van der Waals surface area contributed by atoms with E-state index in [0.717, 1.165) is 65.3 Å². The van der Waals surface area contributed by atoms with E-state index in [0.29, 0.717) is 38.8 Å². The predicted molar refractivity (Wildman–Crippen MR) is 165 cm³/mol. The van der Waals surface area contributed by atoms with Gasteiger partial charge in [0.1, 0.15) is 5.82 Å². The molecule has 3 heterocycles. The minimum Gasteiger partial charge on any atom is -0.463 e. The van der Waals surface area contributed by atoms with Crippen molar-refractivity contribution in [2.75, 3.05) is 63.2 Å². The second kappa shape index (κ2) is 11.1. The van der Waals surface area contributed by atoms with Crippen LogP contribution < -0.4 is 14.5 Å². The fourth-order valence-electron chi connectivity index (χ4n) is 6.47. The van der Waals surface area contributed by atoms with E-state index in [1.54, 1.807) is 0 Å². The highest BCUT2D eigenvalue weighted by atomic mass is 35.5. The van der Waals surface area contributed by atoms with Gasteiger partial charge in [-0.3, -0.25) is 4.79 Å². The fourth-order valence-corrected chi connectivity index (χ4v) is 6.75. The molecular weight excluding hydrogens is 536 g/mol. The average molecular weight is 575 g/mol. The molecule has 0 radical (unpaired) electrons. The van der Waals surface area contributed by atoms with E-state index < -0.39 is 0 Å². The number of rotatable bonds is 8. The Morgan fingerprint density at radius 3 is 2.63 bits per heavy atom. The number of piperazine rings is 1. The summed E-state index contributed by atoms with van der Waals surface area (Å²) in [5.74, 6) is 0.918. The maximum absolute atomic E-state index is 12.4. The van der Waals surface area contributed by atoms with E-state index in [-0.39, 0.29) is 17.4 Å². The van der Waals surface area contributed by atoms with Gasteiger partial charge in [-0.05, 0) is 63.9 Å². The van der Waals surface area contributed by atoms with Gasteiger partial charge in [0.15, 0.2) is 0 Å². The highest BCUT2D eigenvalue weighted by molar-refractivity contribution is 6.36. The third-order valence-electron chi connectivity index (χ3n) is 8.70. The van der Waals surface area contributed by atoms with Gasteiger partial charge in [-0.15, -0.1) is 0 Å². The lowest BCUT2D eigenvalue weighted by Gasteiger charge is -2.41. The highest BCUT2D eigenvalue weighted by Gasteiger charge is 2.44. The lowest BCUT2D eigenvalue weighted by Crippen LogP contribution is -2.54. The van der Waals surface area contributed by atoms with Crippen molar-refractivity contribution in [2.45, 2.75) is 38.8 Å². The monoisotopic (exact) mass is 574 g/mol. The van der Waals surface area contributed by atoms with E-state index in [2.05, 4.69) is 66.6 Å². The van der Waals surface area contributed by atoms with Gasteiger partial charge in [0.25, 0.3) is 0 Å². The molecule has 41 heavy (non-hydrogen) atoms. The molecule has 3 aliphatic rings. The first-order valence-corrected chi connectivity index (χ1v) is 14.9. The summed E-state index contributed by atoms with van der Waals surface area (Å²) >= 11 is 6.70. The Kier molecular flexibility index (Phi) is 7.55. The van der Waals surface area contributed by atoms with Crippen LogP contribution in [0, 0.1) is 5.41 Å². The molecule has 1 atom stereocenters. The number of aromatic nitrogens is 2. The summed E-state index contributed by atoms with van der Waals surface area (Å²) in [6.45, 7) is 10.9. The van der Waals surface area contributed by atoms with E-state index in [1.807, 2.05) is 17.0 Å². The van der Waals surface area contributed by atoms with Crippen molar-refractivity contribution >= 4 is 39.8 Å². The molecule has 2 aliphatic heterocycles. The molecule has 1 saturated heterocycles. The summed E-state index contributed by atoms with van der Waals surface area (Å²) < 4.78 is 6.37. The van der Waals surface area contributed by atoms with Crippen LogP contribution in [0.4, 0.5) is 11.5 Å². The zero-order chi connectivity index (χ0) is 28.7. The van der Waals surface area contributed by atoms with Gasteiger partial charge in [-0.25, -0.2) is 0 Å². The Morgan fingerprint density at radius 1 is 1.15 bits per heavy atom. The topological polar surface area (TPSA) is 65.0 Å². The maximum Gasteiger partial charge on any atom is 0.318 e. The number of benzene rings is 2. The van der Waals surface area contributed by atoms with Crippen LogP contribution in [0.1, 0.15) is 31.0 Å². The van der Waals surface area contributed by atoms with Gasteiger partial charge in [0, 0.05) is 60.8 Å². The Morgan fingerprint density at radius 2 is 1.93 bits per heavy atom. The summed E-state index contributed by atoms with van der Waals surface area (Å²) in [5, 5.41) is 2.96. The van der Waals surface area contributed by atoms with Crippen LogP contribution in [-0.4, -0.2) is 85.1 Å². The molecule has 1 amide bonds. The van der Waals surface area contributed by atoms with E-state index >= 15 is 0 Å². The van der Waals surface area contributed by atoms with Crippen molar-refractivity contribution < 1.29 is 9.53 Å². The number of halogens is 1. The van der Waals surface area contributed by atoms with Gasteiger partial charge in [0.2, 0.25) is 5.91 Å². The summed E-state index contributed by atoms with van der Waals surface area (Å²) in [5.41, 5.74) is 3.47. The number of carbonyl (C=O) groups is 1. The first-order valence-electron chi connectivity index (χ1n) is 14.5. The number of hydrogen-bond donors (Lipinski definition) is 0. The molecule has 8 nitrogen and oxygen atoms in total. The van der Waals surface area contributed by atoms with Gasteiger partial charge in [-0.1, -0.05) is 42.4 Å². The molecule has 1 saturated carbocycles. The molecule has 216 valence electrons. The maximum atomic E-state index is 12.4. The van der Waals surface area contributed by atoms with Crippen LogP contribution in [-0.2, 0) is 17.8 Å². The lowest BCUT2D eigenvalue weighted by molar-refractivity contribution is -0.128. The van der Waals surface area contributed by atoms with E-state index in [9.17, 15) is 4.79 Å². The van der Waals surface area contributed by atoms with Gasteiger partial charge in [-0.2, -0.15) is 9.97 Å². The number of anilines is 2. The molecule has 0 N–H and O–H groups in total. The van der Waals surface area contributed by atoms with Crippen LogP contribution in [0.3, 0.4) is 0 Å². The second-order valence-corrected chi connectivity index (χ2v) is 12.5. The molecule has 3 aromatic rings. The van der Waals surface area contributed by atoms with Crippen LogP contribution in [0.15, 0.2) is 49.1 Å². The molecule has 1 unspecified atom stereocenters. The first kappa shape index (κ1) is 27.8. The molecule has 1 aliphatic carbocycles. The Labute approximate surface area is 247 Å². The van der Waals surface area contributed by atoms with Gasteiger partial charge in [0.05, 0.1) is 23.9 Å². The quantitative estimate of drug-likeness (QED) is 0.358. The van der Waals surface area contributed by atoms with Gasteiger partial charge < -0.3 is 24.3 Å². The number of carbonyl (C=O) groups excluding carboxylic acids is 1. The van der Waals surface area contributed by atoms with Crippen LogP contribution in [0.2, 0.25) is 5.02 Å². The normalized spacial score (nSPS) is 19.8. The lowest BCUT2D eigenvalue weighted by atomic mass is 10.0. The standard InChI is InChI=1S/C32H39ClN6O2/c1-5-28(40)39-17-16-38(18-22(39)2)30-24-12-15-37(27-11-7-9-23-8-6-10-25(33)29(23)27)19-26(24)34-31(35-30)41-21-32(13-14-32)20-36(3)4/h5-11,22H,1,12-21H2,2-4H3. The van der Waals surface area contributed by atoms with Crippen LogP contribution in [0.5, 0.6) is 6.01 Å². The van der Waals surface area contributed by atoms with E-state index in [1.165, 1.54) is 11.6 Å². The highest BCUT2D eigenvalue weighted by Crippen LogP contribution is 2.46. The minimum absolute atomic E-state index is 0.0223. The second-order valence-electron chi connectivity index (χ2n) is 12.1. The number of fused-ring (bicyclic) bond motifs is 2. The SMILES string of the molecule is C=CC(=O)N1CCN(c2nc(OCC3(CN(C)C)CC3)nc3c2CCN(c2cccc4cccc(Cl)c24)C3)CC1C. The first-order chi connectivity index (χ1) is 19.8. The van der Waals surface area contributed by atoms with Crippen LogP contribution >= 0.6 is 11.6 Å². The largest absolute Gasteiger partial charge is 0.463 e. The zero-order valence-electron chi connectivity index (χ0n) is 24.3.